The van der Waals surface area contributed by atoms with Crippen molar-refractivity contribution in [3.63, 3.8) is 0 Å². The lowest BCUT2D eigenvalue weighted by Crippen LogP contribution is -2.14. The first-order chi connectivity index (χ1) is 12.0. The van der Waals surface area contributed by atoms with Crippen molar-refractivity contribution in [2.24, 2.45) is 0 Å². The topological polar surface area (TPSA) is 66.9 Å². The number of halogens is 1. The van der Waals surface area contributed by atoms with E-state index in [1.165, 1.54) is 18.0 Å². The number of benzene rings is 2. The normalized spacial score (nSPS) is 10.4. The van der Waals surface area contributed by atoms with E-state index in [0.717, 1.165) is 21.4 Å². The molecular formula is C19H17BrN4O. The van der Waals surface area contributed by atoms with Crippen molar-refractivity contribution in [1.82, 2.24) is 9.97 Å². The Labute approximate surface area is 154 Å². The Bertz CT molecular complexity index is 910. The number of rotatable bonds is 4. The van der Waals surface area contributed by atoms with Gasteiger partial charge < -0.3 is 10.6 Å². The van der Waals surface area contributed by atoms with Gasteiger partial charge in [-0.15, -0.1) is 0 Å². The molecule has 1 aromatic heterocycles. The fourth-order valence-corrected chi connectivity index (χ4v) is 2.64. The van der Waals surface area contributed by atoms with Crippen LogP contribution in [-0.4, -0.2) is 15.9 Å². The molecule has 3 rings (SSSR count). The van der Waals surface area contributed by atoms with Crippen LogP contribution in [-0.2, 0) is 0 Å². The average molecular weight is 397 g/mol. The predicted molar refractivity (Wildman–Crippen MR) is 103 cm³/mol. The average Bonchev–Trinajstić information content (AvgIpc) is 2.59. The first kappa shape index (κ1) is 17.1. The third kappa shape index (κ3) is 4.42. The Morgan fingerprint density at radius 3 is 2.48 bits per heavy atom. The molecule has 0 fully saturated rings. The van der Waals surface area contributed by atoms with Gasteiger partial charge in [-0.3, -0.25) is 4.79 Å². The van der Waals surface area contributed by atoms with E-state index >= 15 is 0 Å². The molecule has 0 aliphatic carbocycles. The largest absolute Gasteiger partial charge is 0.339 e. The molecule has 1 amide bonds. The molecule has 5 nitrogen and oxygen atoms in total. The van der Waals surface area contributed by atoms with Crippen LogP contribution in [0.25, 0.3) is 0 Å². The second-order valence-corrected chi connectivity index (χ2v) is 6.59. The summed E-state index contributed by atoms with van der Waals surface area (Å²) in [5.41, 5.74) is 4.19. The first-order valence-corrected chi connectivity index (χ1v) is 8.54. The summed E-state index contributed by atoms with van der Waals surface area (Å²) in [7, 11) is 0. The highest BCUT2D eigenvalue weighted by Gasteiger charge is 2.09. The molecule has 2 N–H and O–H groups in total. The molecule has 0 radical (unpaired) electrons. The van der Waals surface area contributed by atoms with Gasteiger partial charge in [0.25, 0.3) is 5.91 Å². The lowest BCUT2D eigenvalue weighted by atomic mass is 10.1. The van der Waals surface area contributed by atoms with Crippen LogP contribution in [0.15, 0.2) is 59.3 Å². The molecule has 2 aromatic carbocycles. The van der Waals surface area contributed by atoms with Crippen molar-refractivity contribution in [3.8, 4) is 0 Å². The van der Waals surface area contributed by atoms with Crippen molar-refractivity contribution in [2.45, 2.75) is 13.8 Å². The zero-order valence-electron chi connectivity index (χ0n) is 13.9. The van der Waals surface area contributed by atoms with Gasteiger partial charge in [-0.2, -0.15) is 0 Å². The molecule has 0 aliphatic heterocycles. The Kier molecular flexibility index (Phi) is 5.09. The predicted octanol–water partition coefficient (Wildman–Crippen LogP) is 4.85. The molecule has 0 spiro atoms. The minimum Gasteiger partial charge on any atom is -0.339 e. The van der Waals surface area contributed by atoms with Crippen LogP contribution in [0, 0.1) is 13.8 Å². The van der Waals surface area contributed by atoms with Crippen molar-refractivity contribution >= 4 is 39.0 Å². The van der Waals surface area contributed by atoms with E-state index < -0.39 is 0 Å². The fraction of sp³-hybridized carbons (Fsp3) is 0.105. The molecule has 126 valence electrons. The highest BCUT2D eigenvalue weighted by molar-refractivity contribution is 9.10. The van der Waals surface area contributed by atoms with Gasteiger partial charge >= 0.3 is 0 Å². The summed E-state index contributed by atoms with van der Waals surface area (Å²) in [5.74, 6) is 0.283. The van der Waals surface area contributed by atoms with Gasteiger partial charge in [0.2, 0.25) is 0 Å². The lowest BCUT2D eigenvalue weighted by Gasteiger charge is -2.08. The number of carbonyl (C=O) groups is 1. The minimum atomic E-state index is -0.287. The van der Waals surface area contributed by atoms with Gasteiger partial charge in [0.15, 0.2) is 0 Å². The van der Waals surface area contributed by atoms with Crippen LogP contribution in [0.5, 0.6) is 0 Å². The van der Waals surface area contributed by atoms with E-state index in [1.807, 2.05) is 56.3 Å². The Hall–Kier alpha value is -2.73. The molecule has 3 aromatic rings. The van der Waals surface area contributed by atoms with Gasteiger partial charge in [-0.1, -0.05) is 28.1 Å². The zero-order chi connectivity index (χ0) is 17.8. The Balaban J connectivity index is 1.68. The van der Waals surface area contributed by atoms with Gasteiger partial charge in [0.05, 0.1) is 12.4 Å². The maximum atomic E-state index is 12.3. The number of carbonyl (C=O) groups excluding carboxylic acids is 1. The van der Waals surface area contributed by atoms with Gasteiger partial charge in [0, 0.05) is 15.8 Å². The molecule has 0 bridgehead atoms. The number of aromatic nitrogens is 2. The standard InChI is InChI=1S/C19H17BrN4O/c1-12-6-7-16(8-13(12)2)24-19(25)17-10-22-18(11-21-17)23-15-5-3-4-14(20)9-15/h3-11H,1-2H3,(H,22,23)(H,24,25). The van der Waals surface area contributed by atoms with Crippen molar-refractivity contribution < 1.29 is 4.79 Å². The van der Waals surface area contributed by atoms with E-state index in [0.29, 0.717) is 5.82 Å². The summed E-state index contributed by atoms with van der Waals surface area (Å²) in [6.45, 7) is 4.04. The maximum Gasteiger partial charge on any atom is 0.275 e. The monoisotopic (exact) mass is 396 g/mol. The molecule has 25 heavy (non-hydrogen) atoms. The van der Waals surface area contributed by atoms with Crippen molar-refractivity contribution in [3.05, 3.63) is 76.2 Å². The Morgan fingerprint density at radius 2 is 1.80 bits per heavy atom. The minimum absolute atomic E-state index is 0.262. The lowest BCUT2D eigenvalue weighted by molar-refractivity contribution is 0.102. The van der Waals surface area contributed by atoms with E-state index in [-0.39, 0.29) is 11.6 Å². The van der Waals surface area contributed by atoms with E-state index in [9.17, 15) is 4.79 Å². The third-order valence-corrected chi connectivity index (χ3v) is 4.24. The number of anilines is 3. The molecule has 0 unspecified atom stereocenters. The Morgan fingerprint density at radius 1 is 0.960 bits per heavy atom. The number of hydrogen-bond donors (Lipinski definition) is 2. The number of aryl methyl sites for hydroxylation is 2. The van der Waals surface area contributed by atoms with Crippen molar-refractivity contribution in [1.29, 1.82) is 0 Å². The fourth-order valence-electron chi connectivity index (χ4n) is 2.24. The van der Waals surface area contributed by atoms with Gasteiger partial charge in [-0.05, 0) is 55.3 Å². The summed E-state index contributed by atoms with van der Waals surface area (Å²) in [6.07, 6.45) is 2.99. The third-order valence-electron chi connectivity index (χ3n) is 3.75. The van der Waals surface area contributed by atoms with Crippen LogP contribution in [0.2, 0.25) is 0 Å². The number of nitrogens with one attached hydrogen (secondary N) is 2. The van der Waals surface area contributed by atoms with Crippen LogP contribution in [0.3, 0.4) is 0 Å². The number of nitrogens with zero attached hydrogens (tertiary/aromatic N) is 2. The van der Waals surface area contributed by atoms with Gasteiger partial charge in [-0.25, -0.2) is 9.97 Å². The van der Waals surface area contributed by atoms with Crippen LogP contribution in [0.4, 0.5) is 17.2 Å². The van der Waals surface area contributed by atoms with E-state index in [2.05, 4.69) is 36.5 Å². The first-order valence-electron chi connectivity index (χ1n) is 7.74. The maximum absolute atomic E-state index is 12.3. The second kappa shape index (κ2) is 7.44. The smallest absolute Gasteiger partial charge is 0.275 e. The number of hydrogen-bond acceptors (Lipinski definition) is 4. The number of amides is 1. The summed E-state index contributed by atoms with van der Waals surface area (Å²) in [6, 6.07) is 13.5. The molecule has 0 saturated carbocycles. The van der Waals surface area contributed by atoms with Crippen LogP contribution >= 0.6 is 15.9 Å². The molecule has 1 heterocycles. The zero-order valence-corrected chi connectivity index (χ0v) is 15.5. The van der Waals surface area contributed by atoms with E-state index in [1.54, 1.807) is 0 Å². The quantitative estimate of drug-likeness (QED) is 0.661. The molecule has 0 aliphatic rings. The summed E-state index contributed by atoms with van der Waals surface area (Å²) >= 11 is 3.42. The SMILES string of the molecule is Cc1ccc(NC(=O)c2cnc(Nc3cccc(Br)c3)cn2)cc1C. The van der Waals surface area contributed by atoms with Gasteiger partial charge in [0.1, 0.15) is 11.5 Å². The molecule has 0 atom stereocenters. The second-order valence-electron chi connectivity index (χ2n) is 5.68. The highest BCUT2D eigenvalue weighted by atomic mass is 79.9. The summed E-state index contributed by atoms with van der Waals surface area (Å²) in [5, 5.41) is 5.97. The highest BCUT2D eigenvalue weighted by Crippen LogP contribution is 2.19. The molecule has 0 saturated heterocycles. The van der Waals surface area contributed by atoms with E-state index in [4.69, 9.17) is 0 Å². The van der Waals surface area contributed by atoms with Crippen LogP contribution < -0.4 is 10.6 Å². The summed E-state index contributed by atoms with van der Waals surface area (Å²) < 4.78 is 0.967. The summed E-state index contributed by atoms with van der Waals surface area (Å²) in [4.78, 5) is 20.7. The molecule has 6 heteroatoms. The van der Waals surface area contributed by atoms with Crippen LogP contribution in [0.1, 0.15) is 21.6 Å². The van der Waals surface area contributed by atoms with Crippen molar-refractivity contribution in [2.75, 3.05) is 10.6 Å². The molecular weight excluding hydrogens is 380 g/mol.